The Labute approximate surface area is 155 Å². The highest BCUT2D eigenvalue weighted by Crippen LogP contribution is 2.34. The molecule has 0 aromatic carbocycles. The lowest BCUT2D eigenvalue weighted by Gasteiger charge is -2.47. The number of nitrogens with zero attached hydrogens (tertiary/aromatic N) is 2. The zero-order chi connectivity index (χ0) is 17.5. The van der Waals surface area contributed by atoms with Crippen molar-refractivity contribution >= 4 is 0 Å². The lowest BCUT2D eigenvalue weighted by molar-refractivity contribution is -0.00659. The molecule has 2 bridgehead atoms. The molecule has 148 valence electrons. The standard InChI is InChI=1S/C18H34FN7/c19-13-8-14-15-2-1-6-25(15)16-3-7-26-18(24-16)12(10-23-26)9-20-4-5-21-17(14)22-11-13/h12-18,20-24H,1-11H2/t12?,13?,14?,15-,16?,17?,18?/m1/s1. The highest BCUT2D eigenvalue weighted by Gasteiger charge is 2.46. The normalized spacial score (nSPS) is 48.1. The second-order valence-electron chi connectivity index (χ2n) is 8.72. The first-order valence-electron chi connectivity index (χ1n) is 10.6. The average Bonchev–Trinajstić information content (AvgIpc) is 3.28. The minimum atomic E-state index is -0.715. The smallest absolute Gasteiger partial charge is 0.113 e. The van der Waals surface area contributed by atoms with Crippen molar-refractivity contribution < 1.29 is 4.39 Å². The Hall–Kier alpha value is -0.350. The molecule has 0 saturated carbocycles. The van der Waals surface area contributed by atoms with Crippen LogP contribution in [0.4, 0.5) is 4.39 Å². The van der Waals surface area contributed by atoms with Crippen molar-refractivity contribution in [3.05, 3.63) is 0 Å². The van der Waals surface area contributed by atoms with E-state index < -0.39 is 6.17 Å². The molecular weight excluding hydrogens is 333 g/mol. The molecule has 26 heavy (non-hydrogen) atoms. The Morgan fingerprint density at radius 1 is 0.962 bits per heavy atom. The van der Waals surface area contributed by atoms with E-state index in [1.165, 1.54) is 12.8 Å². The Morgan fingerprint density at radius 3 is 2.88 bits per heavy atom. The molecule has 7 nitrogen and oxygen atoms in total. The molecule has 0 aliphatic carbocycles. The van der Waals surface area contributed by atoms with Crippen LogP contribution in [0.1, 0.15) is 25.7 Å². The third-order valence-corrected chi connectivity index (χ3v) is 7.17. The number of hydrazine groups is 1. The van der Waals surface area contributed by atoms with Gasteiger partial charge >= 0.3 is 0 Å². The topological polar surface area (TPSA) is 66.6 Å². The molecule has 5 aliphatic heterocycles. The van der Waals surface area contributed by atoms with Gasteiger partial charge in [0.05, 0.1) is 18.5 Å². The Kier molecular flexibility index (Phi) is 5.17. The Morgan fingerprint density at radius 2 is 1.92 bits per heavy atom. The zero-order valence-corrected chi connectivity index (χ0v) is 15.6. The van der Waals surface area contributed by atoms with Crippen LogP contribution in [0, 0.1) is 11.8 Å². The molecule has 0 amide bonds. The van der Waals surface area contributed by atoms with Crippen molar-refractivity contribution in [1.82, 2.24) is 36.6 Å². The first-order chi connectivity index (χ1) is 12.8. The van der Waals surface area contributed by atoms with Gasteiger partial charge in [0.15, 0.2) is 0 Å². The van der Waals surface area contributed by atoms with E-state index in [9.17, 15) is 4.39 Å². The molecule has 0 spiro atoms. The van der Waals surface area contributed by atoms with Crippen LogP contribution in [0.15, 0.2) is 0 Å². The summed E-state index contributed by atoms with van der Waals surface area (Å²) in [4.78, 5) is 2.68. The summed E-state index contributed by atoms with van der Waals surface area (Å²) in [5, 5.41) is 17.1. The lowest BCUT2D eigenvalue weighted by Crippen LogP contribution is -2.65. The minimum Gasteiger partial charge on any atom is -0.315 e. The van der Waals surface area contributed by atoms with Crippen LogP contribution >= 0.6 is 0 Å². The van der Waals surface area contributed by atoms with Gasteiger partial charge in [-0.2, -0.15) is 0 Å². The average molecular weight is 368 g/mol. The fraction of sp³-hybridized carbons (Fsp3) is 1.00. The molecule has 5 fully saturated rings. The van der Waals surface area contributed by atoms with Crippen LogP contribution in [0.3, 0.4) is 0 Å². The second kappa shape index (κ2) is 7.58. The van der Waals surface area contributed by atoms with Crippen LogP contribution < -0.4 is 26.7 Å². The van der Waals surface area contributed by atoms with Gasteiger partial charge in [0.25, 0.3) is 0 Å². The summed E-state index contributed by atoms with van der Waals surface area (Å²) in [5.74, 6) is 0.939. The number of halogens is 1. The lowest BCUT2D eigenvalue weighted by atomic mass is 9.86. The fourth-order valence-corrected chi connectivity index (χ4v) is 5.92. The van der Waals surface area contributed by atoms with E-state index in [4.69, 9.17) is 0 Å². The predicted molar refractivity (Wildman–Crippen MR) is 98.9 cm³/mol. The fourth-order valence-electron chi connectivity index (χ4n) is 5.92. The van der Waals surface area contributed by atoms with Crippen molar-refractivity contribution in [3.63, 3.8) is 0 Å². The molecule has 5 rings (SSSR count). The SMILES string of the molecule is FC1CNC2NCCNCC3CNN4CCC(NC34)N3CCC[C@@H]3C2C1. The van der Waals surface area contributed by atoms with E-state index in [0.717, 1.165) is 45.7 Å². The van der Waals surface area contributed by atoms with Crippen LogP contribution in [-0.4, -0.2) is 86.4 Å². The van der Waals surface area contributed by atoms with Crippen molar-refractivity contribution in [3.8, 4) is 0 Å². The van der Waals surface area contributed by atoms with Gasteiger partial charge in [0, 0.05) is 57.1 Å². The first kappa shape index (κ1) is 17.7. The van der Waals surface area contributed by atoms with Gasteiger partial charge in [0.1, 0.15) is 6.17 Å². The molecule has 8 heteroatoms. The molecule has 7 atom stereocenters. The quantitative estimate of drug-likeness (QED) is 0.376. The monoisotopic (exact) mass is 367 g/mol. The maximum Gasteiger partial charge on any atom is 0.113 e. The number of fused-ring (bicyclic) bond motifs is 5. The van der Waals surface area contributed by atoms with Gasteiger partial charge in [-0.15, -0.1) is 0 Å². The van der Waals surface area contributed by atoms with Gasteiger partial charge < -0.3 is 10.6 Å². The number of hydrogen-bond acceptors (Lipinski definition) is 7. The molecule has 0 aromatic rings. The summed E-state index contributed by atoms with van der Waals surface area (Å²) in [6, 6.07) is 0.476. The van der Waals surface area contributed by atoms with E-state index in [1.54, 1.807) is 0 Å². The third-order valence-electron chi connectivity index (χ3n) is 7.17. The number of nitrogens with one attached hydrogen (secondary N) is 5. The van der Waals surface area contributed by atoms with Crippen LogP contribution in [0.25, 0.3) is 0 Å². The maximum atomic E-state index is 14.2. The van der Waals surface area contributed by atoms with Gasteiger partial charge in [-0.05, 0) is 32.2 Å². The molecule has 5 N–H and O–H groups in total. The number of alkyl halides is 1. The van der Waals surface area contributed by atoms with Crippen LogP contribution in [0.2, 0.25) is 0 Å². The van der Waals surface area contributed by atoms with Gasteiger partial charge in [-0.25, -0.2) is 9.40 Å². The molecular formula is C18H34FN7. The summed E-state index contributed by atoms with van der Waals surface area (Å²) >= 11 is 0. The van der Waals surface area contributed by atoms with E-state index in [1.807, 2.05) is 0 Å². The molecule has 5 aliphatic rings. The van der Waals surface area contributed by atoms with Crippen LogP contribution in [0.5, 0.6) is 0 Å². The first-order valence-corrected chi connectivity index (χ1v) is 10.6. The van der Waals surface area contributed by atoms with E-state index in [-0.39, 0.29) is 6.17 Å². The summed E-state index contributed by atoms with van der Waals surface area (Å²) < 4.78 is 14.2. The summed E-state index contributed by atoms with van der Waals surface area (Å²) in [6.45, 7) is 6.70. The maximum absolute atomic E-state index is 14.2. The largest absolute Gasteiger partial charge is 0.315 e. The van der Waals surface area contributed by atoms with Gasteiger partial charge in [-0.1, -0.05) is 0 Å². The number of piperidine rings is 1. The van der Waals surface area contributed by atoms with Crippen molar-refractivity contribution in [1.29, 1.82) is 0 Å². The zero-order valence-electron chi connectivity index (χ0n) is 15.6. The Bertz CT molecular complexity index is 494. The third kappa shape index (κ3) is 3.30. The highest BCUT2D eigenvalue weighted by molar-refractivity contribution is 4.99. The number of rotatable bonds is 0. The molecule has 0 radical (unpaired) electrons. The van der Waals surface area contributed by atoms with Crippen molar-refractivity contribution in [2.75, 3.05) is 45.8 Å². The van der Waals surface area contributed by atoms with Crippen molar-refractivity contribution in [2.24, 2.45) is 11.8 Å². The number of hydrogen-bond donors (Lipinski definition) is 5. The van der Waals surface area contributed by atoms with Gasteiger partial charge in [-0.3, -0.25) is 21.0 Å². The van der Waals surface area contributed by atoms with E-state index in [0.29, 0.717) is 43.2 Å². The van der Waals surface area contributed by atoms with E-state index >= 15 is 0 Å². The van der Waals surface area contributed by atoms with Crippen LogP contribution in [-0.2, 0) is 0 Å². The molecule has 5 heterocycles. The van der Waals surface area contributed by atoms with Crippen molar-refractivity contribution in [2.45, 2.75) is 56.4 Å². The highest BCUT2D eigenvalue weighted by atomic mass is 19.1. The van der Waals surface area contributed by atoms with Gasteiger partial charge in [0.2, 0.25) is 0 Å². The van der Waals surface area contributed by atoms with E-state index in [2.05, 4.69) is 36.6 Å². The summed E-state index contributed by atoms with van der Waals surface area (Å²) in [7, 11) is 0. The minimum absolute atomic E-state index is 0.233. The summed E-state index contributed by atoms with van der Waals surface area (Å²) in [5.41, 5.74) is 3.57. The predicted octanol–water partition coefficient (Wildman–Crippen LogP) is -1.00. The second-order valence-corrected chi connectivity index (χ2v) is 8.72. The summed E-state index contributed by atoms with van der Waals surface area (Å²) in [6.07, 6.45) is 4.61. The molecule has 0 aromatic heterocycles. The molecule has 5 saturated heterocycles. The molecule has 6 unspecified atom stereocenters. The Balaban J connectivity index is 1.39.